The maximum absolute atomic E-state index is 13.3. The highest BCUT2D eigenvalue weighted by molar-refractivity contribution is 6.07. The van der Waals surface area contributed by atoms with Gasteiger partial charge in [0.1, 0.15) is 16.9 Å². The molecule has 0 spiro atoms. The quantitative estimate of drug-likeness (QED) is 0.809. The van der Waals surface area contributed by atoms with E-state index in [0.717, 1.165) is 43.3 Å². The lowest BCUT2D eigenvalue weighted by Gasteiger charge is -2.37. The number of rotatable bonds is 5. The van der Waals surface area contributed by atoms with Crippen molar-refractivity contribution in [3.63, 3.8) is 0 Å². The molecule has 0 radical (unpaired) electrons. The Balaban J connectivity index is 1.60. The molecule has 1 aromatic carbocycles. The second-order valence-corrected chi connectivity index (χ2v) is 7.32. The molecular weight excluding hydrogens is 330 g/mol. The van der Waals surface area contributed by atoms with Crippen LogP contribution in [0.2, 0.25) is 0 Å². The van der Waals surface area contributed by atoms with Crippen molar-refractivity contribution in [1.82, 2.24) is 15.5 Å². The SMILES string of the molecule is CCCC1(C2CCNCC2)NC(=O)N(Cc2cc3ccccc3o2)C1=O. The Hall–Kier alpha value is -2.34. The Bertz CT molecular complexity index is 792. The first-order valence-corrected chi connectivity index (χ1v) is 9.46. The molecule has 4 rings (SSSR count). The van der Waals surface area contributed by atoms with Crippen LogP contribution < -0.4 is 10.6 Å². The summed E-state index contributed by atoms with van der Waals surface area (Å²) in [7, 11) is 0. The number of amides is 3. The number of hydrogen-bond acceptors (Lipinski definition) is 4. The normalized spacial score (nSPS) is 24.4. The van der Waals surface area contributed by atoms with Gasteiger partial charge in [-0.1, -0.05) is 31.5 Å². The van der Waals surface area contributed by atoms with Crippen LogP contribution in [-0.4, -0.2) is 35.5 Å². The molecule has 0 bridgehead atoms. The van der Waals surface area contributed by atoms with Crippen LogP contribution in [0, 0.1) is 5.92 Å². The zero-order valence-corrected chi connectivity index (χ0v) is 15.1. The fraction of sp³-hybridized carbons (Fsp3) is 0.500. The van der Waals surface area contributed by atoms with Gasteiger partial charge in [0.2, 0.25) is 0 Å². The Morgan fingerprint density at radius 2 is 2.00 bits per heavy atom. The maximum Gasteiger partial charge on any atom is 0.325 e. The number of piperidine rings is 1. The summed E-state index contributed by atoms with van der Waals surface area (Å²) < 4.78 is 5.82. The molecule has 3 heterocycles. The number of fused-ring (bicyclic) bond motifs is 1. The fourth-order valence-corrected chi connectivity index (χ4v) is 4.42. The summed E-state index contributed by atoms with van der Waals surface area (Å²) in [5.74, 6) is 0.713. The smallest absolute Gasteiger partial charge is 0.325 e. The third-order valence-corrected chi connectivity index (χ3v) is 5.67. The van der Waals surface area contributed by atoms with Crippen molar-refractivity contribution in [2.45, 2.75) is 44.7 Å². The Morgan fingerprint density at radius 1 is 1.23 bits per heavy atom. The number of benzene rings is 1. The largest absolute Gasteiger partial charge is 0.459 e. The number of carbonyl (C=O) groups is 2. The summed E-state index contributed by atoms with van der Waals surface area (Å²) in [5, 5.41) is 7.38. The van der Waals surface area contributed by atoms with Crippen LogP contribution in [0.1, 0.15) is 38.4 Å². The van der Waals surface area contributed by atoms with Crippen molar-refractivity contribution in [2.75, 3.05) is 13.1 Å². The van der Waals surface area contributed by atoms with Crippen molar-refractivity contribution in [3.05, 3.63) is 36.1 Å². The lowest BCUT2D eigenvalue weighted by atomic mass is 9.75. The summed E-state index contributed by atoms with van der Waals surface area (Å²) >= 11 is 0. The van der Waals surface area contributed by atoms with Crippen LogP contribution in [0.15, 0.2) is 34.7 Å². The van der Waals surface area contributed by atoms with E-state index in [4.69, 9.17) is 4.42 Å². The zero-order valence-electron chi connectivity index (χ0n) is 15.1. The first-order valence-electron chi connectivity index (χ1n) is 9.46. The van der Waals surface area contributed by atoms with Gasteiger partial charge in [-0.3, -0.25) is 9.69 Å². The highest BCUT2D eigenvalue weighted by Gasteiger charge is 2.55. The topological polar surface area (TPSA) is 74.6 Å². The summed E-state index contributed by atoms with van der Waals surface area (Å²) in [6, 6.07) is 9.31. The van der Waals surface area contributed by atoms with E-state index in [2.05, 4.69) is 17.6 Å². The summed E-state index contributed by atoms with van der Waals surface area (Å²) in [6.07, 6.45) is 3.35. The van der Waals surface area contributed by atoms with Crippen LogP contribution in [0.4, 0.5) is 4.79 Å². The van der Waals surface area contributed by atoms with E-state index < -0.39 is 5.54 Å². The van der Waals surface area contributed by atoms with E-state index >= 15 is 0 Å². The molecule has 26 heavy (non-hydrogen) atoms. The summed E-state index contributed by atoms with van der Waals surface area (Å²) in [4.78, 5) is 27.3. The van der Waals surface area contributed by atoms with Crippen molar-refractivity contribution in [1.29, 1.82) is 0 Å². The van der Waals surface area contributed by atoms with Crippen molar-refractivity contribution < 1.29 is 14.0 Å². The minimum atomic E-state index is -0.764. The van der Waals surface area contributed by atoms with Gasteiger partial charge in [0.15, 0.2) is 0 Å². The fourth-order valence-electron chi connectivity index (χ4n) is 4.42. The molecular formula is C20H25N3O3. The third-order valence-electron chi connectivity index (χ3n) is 5.67. The molecule has 138 valence electrons. The molecule has 2 saturated heterocycles. The van der Waals surface area contributed by atoms with E-state index in [-0.39, 0.29) is 24.4 Å². The standard InChI is InChI=1S/C20H25N3O3/c1-2-9-20(15-7-10-21-11-8-15)18(24)23(19(25)22-20)13-16-12-14-5-3-4-6-17(14)26-16/h3-6,12,15,21H,2,7-11,13H2,1H3,(H,22,25). The minimum absolute atomic E-state index is 0.100. The first kappa shape index (κ1) is 17.1. The summed E-state index contributed by atoms with van der Waals surface area (Å²) in [6.45, 7) is 4.02. The molecule has 2 fully saturated rings. The van der Waals surface area contributed by atoms with Gasteiger partial charge in [-0.25, -0.2) is 4.79 Å². The van der Waals surface area contributed by atoms with Crippen molar-refractivity contribution in [3.8, 4) is 0 Å². The van der Waals surface area contributed by atoms with Crippen LogP contribution in [-0.2, 0) is 11.3 Å². The molecule has 2 aromatic rings. The highest BCUT2D eigenvalue weighted by atomic mass is 16.3. The van der Waals surface area contributed by atoms with Gasteiger partial charge in [-0.15, -0.1) is 0 Å². The Morgan fingerprint density at radius 3 is 2.73 bits per heavy atom. The summed E-state index contributed by atoms with van der Waals surface area (Å²) in [5.41, 5.74) is 0.00711. The lowest BCUT2D eigenvalue weighted by molar-refractivity contribution is -0.134. The number of imide groups is 1. The molecule has 2 N–H and O–H groups in total. The monoisotopic (exact) mass is 355 g/mol. The van der Waals surface area contributed by atoms with Gasteiger partial charge in [-0.2, -0.15) is 0 Å². The van der Waals surface area contributed by atoms with Gasteiger partial charge < -0.3 is 15.1 Å². The zero-order chi connectivity index (χ0) is 18.1. The number of hydrogen-bond donors (Lipinski definition) is 2. The number of nitrogens with zero attached hydrogens (tertiary/aromatic N) is 1. The molecule has 2 aliphatic heterocycles. The van der Waals surface area contributed by atoms with Crippen LogP contribution in [0.3, 0.4) is 0 Å². The average molecular weight is 355 g/mol. The number of urea groups is 1. The van der Waals surface area contributed by atoms with E-state index in [1.54, 1.807) is 0 Å². The van der Waals surface area contributed by atoms with Gasteiger partial charge in [0, 0.05) is 5.39 Å². The third kappa shape index (κ3) is 2.78. The number of para-hydroxylation sites is 1. The molecule has 3 amide bonds. The molecule has 1 unspecified atom stereocenters. The minimum Gasteiger partial charge on any atom is -0.459 e. The van der Waals surface area contributed by atoms with Crippen molar-refractivity contribution >= 4 is 22.9 Å². The highest BCUT2D eigenvalue weighted by Crippen LogP contribution is 2.36. The molecule has 1 aromatic heterocycles. The van der Waals surface area contributed by atoms with Gasteiger partial charge in [0.05, 0.1) is 6.54 Å². The molecule has 0 saturated carbocycles. The average Bonchev–Trinajstić information content (AvgIpc) is 3.17. The van der Waals surface area contributed by atoms with Gasteiger partial charge >= 0.3 is 6.03 Å². The number of nitrogens with one attached hydrogen (secondary N) is 2. The second-order valence-electron chi connectivity index (χ2n) is 7.32. The van der Waals surface area contributed by atoms with Crippen LogP contribution >= 0.6 is 0 Å². The van der Waals surface area contributed by atoms with E-state index in [9.17, 15) is 9.59 Å². The predicted molar refractivity (Wildman–Crippen MR) is 98.5 cm³/mol. The molecule has 2 aliphatic rings. The first-order chi connectivity index (χ1) is 12.6. The Kier molecular flexibility index (Phi) is 4.44. The lowest BCUT2D eigenvalue weighted by Crippen LogP contribution is -2.55. The van der Waals surface area contributed by atoms with Crippen LogP contribution in [0.25, 0.3) is 11.0 Å². The molecule has 1 atom stereocenters. The predicted octanol–water partition coefficient (Wildman–Crippen LogP) is 3.02. The molecule has 0 aliphatic carbocycles. The number of carbonyl (C=O) groups excluding carboxylic acids is 2. The molecule has 6 heteroatoms. The Labute approximate surface area is 152 Å². The van der Waals surface area contributed by atoms with E-state index in [1.807, 2.05) is 30.3 Å². The maximum atomic E-state index is 13.3. The van der Waals surface area contributed by atoms with E-state index in [0.29, 0.717) is 12.2 Å². The van der Waals surface area contributed by atoms with Gasteiger partial charge in [-0.05, 0) is 50.4 Å². The van der Waals surface area contributed by atoms with Crippen LogP contribution in [0.5, 0.6) is 0 Å². The van der Waals surface area contributed by atoms with Crippen molar-refractivity contribution in [2.24, 2.45) is 5.92 Å². The second kappa shape index (κ2) is 6.76. The van der Waals surface area contributed by atoms with E-state index in [1.165, 1.54) is 4.90 Å². The number of furan rings is 1. The van der Waals surface area contributed by atoms with Gasteiger partial charge in [0.25, 0.3) is 5.91 Å². The molecule has 6 nitrogen and oxygen atoms in total.